The van der Waals surface area contributed by atoms with Crippen molar-refractivity contribution in [1.82, 2.24) is 24.3 Å². The minimum atomic E-state index is 0.669. The quantitative estimate of drug-likeness (QED) is 0.176. The Bertz CT molecular complexity index is 2940. The normalized spacial score (nSPS) is 11.4. The van der Waals surface area contributed by atoms with E-state index in [-0.39, 0.29) is 0 Å². The fourth-order valence-corrected chi connectivity index (χ4v) is 7.31. The van der Waals surface area contributed by atoms with Crippen LogP contribution >= 0.6 is 0 Å². The molecule has 0 N–H and O–H groups in total. The predicted octanol–water partition coefficient (Wildman–Crippen LogP) is 11.8. The van der Waals surface area contributed by atoms with Gasteiger partial charge in [-0.2, -0.15) is 0 Å². The molecule has 0 atom stereocenters. The first-order valence-electron chi connectivity index (χ1n) is 17.7. The van der Waals surface area contributed by atoms with Crippen LogP contribution in [0.2, 0.25) is 0 Å². The highest BCUT2D eigenvalue weighted by Gasteiger charge is 2.21. The zero-order valence-corrected chi connectivity index (χ0v) is 28.6. The Hall–Kier alpha value is -7.24. The molecule has 0 fully saturated rings. The monoisotopic (exact) mass is 677 g/mol. The van der Waals surface area contributed by atoms with Gasteiger partial charge < -0.3 is 0 Å². The van der Waals surface area contributed by atoms with E-state index < -0.39 is 0 Å². The summed E-state index contributed by atoms with van der Waals surface area (Å²) in [7, 11) is 0. The maximum Gasteiger partial charge on any atom is 0.163 e. The van der Waals surface area contributed by atoms with Crippen LogP contribution in [0.5, 0.6) is 0 Å². The van der Waals surface area contributed by atoms with E-state index in [1.165, 1.54) is 0 Å². The molecule has 0 spiro atoms. The molecule has 0 saturated carbocycles. The zero-order chi connectivity index (χ0) is 35.1. The topological polar surface area (TPSA) is 56.0 Å². The Morgan fingerprint density at radius 3 is 1.47 bits per heavy atom. The largest absolute Gasteiger partial charge is 0.277 e. The molecule has 0 saturated heterocycles. The lowest BCUT2D eigenvalue weighted by molar-refractivity contribution is 1.05. The molecule has 3 heterocycles. The third kappa shape index (κ3) is 5.43. The highest BCUT2D eigenvalue weighted by Crippen LogP contribution is 2.38. The Morgan fingerprint density at radius 1 is 0.321 bits per heavy atom. The van der Waals surface area contributed by atoms with E-state index in [4.69, 9.17) is 19.9 Å². The van der Waals surface area contributed by atoms with Crippen LogP contribution in [0, 0.1) is 0 Å². The molecule has 248 valence electrons. The average molecular weight is 678 g/mol. The molecule has 7 aromatic carbocycles. The molecular weight excluding hydrogens is 647 g/mol. The molecule has 10 rings (SSSR count). The van der Waals surface area contributed by atoms with Gasteiger partial charge in [-0.25, -0.2) is 19.9 Å². The molecule has 0 aliphatic carbocycles. The predicted molar refractivity (Wildman–Crippen MR) is 216 cm³/mol. The fraction of sp³-hybridized carbons (Fsp3) is 0. The van der Waals surface area contributed by atoms with Gasteiger partial charge in [-0.3, -0.25) is 4.40 Å². The van der Waals surface area contributed by atoms with Crippen LogP contribution in [-0.4, -0.2) is 24.3 Å². The number of para-hydroxylation sites is 1. The van der Waals surface area contributed by atoms with Gasteiger partial charge in [0.1, 0.15) is 11.5 Å². The first kappa shape index (κ1) is 30.6. The summed E-state index contributed by atoms with van der Waals surface area (Å²) in [6.45, 7) is 0. The third-order valence-electron chi connectivity index (χ3n) is 9.80. The molecule has 0 amide bonds. The standard InChI is InChI=1S/C48H31N5/c1-4-16-32(17-5-1)43-41-28-12-13-29-42(41)49-45(50-43)37-24-14-22-35(30-37)36-23-15-25-38(31-36)46-51-47(34-20-8-3-9-21-34)53-44(33-18-6-2-7-19-33)39-26-10-11-27-40(39)48(53)52-46/h1-31H. The van der Waals surface area contributed by atoms with Crippen molar-refractivity contribution in [2.75, 3.05) is 0 Å². The summed E-state index contributed by atoms with van der Waals surface area (Å²) in [5.74, 6) is 2.20. The number of benzene rings is 7. The lowest BCUT2D eigenvalue weighted by Crippen LogP contribution is -2.03. The van der Waals surface area contributed by atoms with Crippen LogP contribution in [0.3, 0.4) is 0 Å². The van der Waals surface area contributed by atoms with Crippen molar-refractivity contribution in [2.45, 2.75) is 0 Å². The van der Waals surface area contributed by atoms with E-state index in [9.17, 15) is 0 Å². The number of nitrogens with zero attached hydrogens (tertiary/aromatic N) is 5. The molecule has 5 heteroatoms. The van der Waals surface area contributed by atoms with Crippen LogP contribution in [0.25, 0.3) is 95.1 Å². The second-order valence-electron chi connectivity index (χ2n) is 13.1. The lowest BCUT2D eigenvalue weighted by atomic mass is 10.00. The van der Waals surface area contributed by atoms with Crippen molar-refractivity contribution in [1.29, 1.82) is 0 Å². The Balaban J connectivity index is 1.12. The van der Waals surface area contributed by atoms with Crippen molar-refractivity contribution in [3.05, 3.63) is 188 Å². The van der Waals surface area contributed by atoms with Crippen molar-refractivity contribution < 1.29 is 0 Å². The number of hydrogen-bond acceptors (Lipinski definition) is 4. The highest BCUT2D eigenvalue weighted by atomic mass is 15.1. The molecule has 5 nitrogen and oxygen atoms in total. The van der Waals surface area contributed by atoms with E-state index in [2.05, 4.69) is 150 Å². The van der Waals surface area contributed by atoms with Crippen molar-refractivity contribution in [2.24, 2.45) is 0 Å². The third-order valence-corrected chi connectivity index (χ3v) is 9.80. The molecule has 0 radical (unpaired) electrons. The lowest BCUT2D eigenvalue weighted by Gasteiger charge is -2.13. The van der Waals surface area contributed by atoms with Gasteiger partial charge in [0.15, 0.2) is 11.6 Å². The summed E-state index contributed by atoms with van der Waals surface area (Å²) in [5.41, 5.74) is 11.0. The first-order chi connectivity index (χ1) is 26.3. The summed E-state index contributed by atoms with van der Waals surface area (Å²) >= 11 is 0. The van der Waals surface area contributed by atoms with Gasteiger partial charge >= 0.3 is 0 Å². The van der Waals surface area contributed by atoms with Gasteiger partial charge in [0.25, 0.3) is 0 Å². The summed E-state index contributed by atoms with van der Waals surface area (Å²) < 4.78 is 2.22. The van der Waals surface area contributed by atoms with Crippen LogP contribution in [0.4, 0.5) is 0 Å². The van der Waals surface area contributed by atoms with Crippen molar-refractivity contribution >= 4 is 27.3 Å². The van der Waals surface area contributed by atoms with Crippen molar-refractivity contribution in [3.63, 3.8) is 0 Å². The van der Waals surface area contributed by atoms with Crippen LogP contribution in [-0.2, 0) is 0 Å². The zero-order valence-electron chi connectivity index (χ0n) is 28.6. The number of aromatic nitrogens is 5. The highest BCUT2D eigenvalue weighted by molar-refractivity contribution is 6.06. The average Bonchev–Trinajstić information content (AvgIpc) is 3.58. The molecule has 0 unspecified atom stereocenters. The second kappa shape index (κ2) is 12.8. The van der Waals surface area contributed by atoms with Crippen LogP contribution < -0.4 is 0 Å². The summed E-state index contributed by atoms with van der Waals surface area (Å²) in [6, 6.07) is 64.9. The van der Waals surface area contributed by atoms with Gasteiger partial charge in [-0.15, -0.1) is 0 Å². The Kier molecular flexibility index (Phi) is 7.40. The van der Waals surface area contributed by atoms with Crippen molar-refractivity contribution in [3.8, 4) is 67.8 Å². The van der Waals surface area contributed by atoms with Gasteiger partial charge in [0.2, 0.25) is 0 Å². The number of rotatable bonds is 6. The number of fused-ring (bicyclic) bond motifs is 4. The molecule has 0 aliphatic heterocycles. The fourth-order valence-electron chi connectivity index (χ4n) is 7.31. The van der Waals surface area contributed by atoms with Gasteiger partial charge in [0.05, 0.1) is 16.9 Å². The Morgan fingerprint density at radius 2 is 0.811 bits per heavy atom. The maximum absolute atomic E-state index is 5.32. The van der Waals surface area contributed by atoms with Crippen LogP contribution in [0.1, 0.15) is 0 Å². The van der Waals surface area contributed by atoms with E-state index in [0.717, 1.165) is 83.5 Å². The smallest absolute Gasteiger partial charge is 0.163 e. The second-order valence-corrected chi connectivity index (χ2v) is 13.1. The van der Waals surface area contributed by atoms with E-state index in [0.29, 0.717) is 11.6 Å². The summed E-state index contributed by atoms with van der Waals surface area (Å²) in [6.07, 6.45) is 0. The van der Waals surface area contributed by atoms with Gasteiger partial charge in [-0.1, -0.05) is 170 Å². The molecule has 3 aromatic heterocycles. The Labute approximate surface area is 306 Å². The summed E-state index contributed by atoms with van der Waals surface area (Å²) in [4.78, 5) is 20.8. The maximum atomic E-state index is 5.32. The summed E-state index contributed by atoms with van der Waals surface area (Å²) in [5, 5.41) is 3.25. The van der Waals surface area contributed by atoms with Gasteiger partial charge in [-0.05, 0) is 34.9 Å². The molecule has 0 aliphatic rings. The van der Waals surface area contributed by atoms with E-state index >= 15 is 0 Å². The van der Waals surface area contributed by atoms with Gasteiger partial charge in [0, 0.05) is 38.4 Å². The molecule has 10 aromatic rings. The molecule has 53 heavy (non-hydrogen) atoms. The SMILES string of the molecule is c1ccc(-c2nc(-c3cccc(-c4cccc(-c5nc(-c6ccccc6)n6c(-c7ccccc7)c7ccccc7c6n5)c4)c3)nc3ccccc23)cc1. The van der Waals surface area contributed by atoms with E-state index in [1.54, 1.807) is 0 Å². The minimum Gasteiger partial charge on any atom is -0.277 e. The molecular formula is C48H31N5. The van der Waals surface area contributed by atoms with E-state index in [1.807, 2.05) is 42.5 Å². The first-order valence-corrected chi connectivity index (χ1v) is 17.7. The molecule has 0 bridgehead atoms. The minimum absolute atomic E-state index is 0.669. The number of hydrogen-bond donors (Lipinski definition) is 0. The van der Waals surface area contributed by atoms with Crippen LogP contribution in [0.15, 0.2) is 188 Å².